The van der Waals surface area contributed by atoms with E-state index in [0.717, 1.165) is 17.7 Å². The largest absolute Gasteiger partial charge is 0.493 e. The molecule has 1 aromatic carbocycles. The third kappa shape index (κ3) is 3.45. The number of nitrogens with zero attached hydrogens (tertiary/aromatic N) is 3. The number of methoxy groups -OCH3 is 1. The van der Waals surface area contributed by atoms with E-state index in [1.165, 1.54) is 0 Å². The van der Waals surface area contributed by atoms with Crippen molar-refractivity contribution >= 4 is 0 Å². The fourth-order valence-corrected chi connectivity index (χ4v) is 1.77. The number of nitrogens with two attached hydrogens (primary N) is 1. The first-order valence-corrected chi connectivity index (χ1v) is 6.08. The number of hydrogen-bond donors (Lipinski definition) is 1. The summed E-state index contributed by atoms with van der Waals surface area (Å²) in [4.78, 5) is 0. The lowest BCUT2D eigenvalue weighted by atomic mass is 10.1. The van der Waals surface area contributed by atoms with Crippen molar-refractivity contribution in [1.29, 1.82) is 0 Å². The van der Waals surface area contributed by atoms with Crippen LogP contribution in [0.1, 0.15) is 11.3 Å². The topological polar surface area (TPSA) is 75.2 Å². The molecule has 0 fully saturated rings. The molecular formula is C13H18N4O2. The van der Waals surface area contributed by atoms with Crippen LogP contribution < -0.4 is 15.2 Å². The van der Waals surface area contributed by atoms with Crippen LogP contribution in [-0.2, 0) is 20.1 Å². The minimum absolute atomic E-state index is 0.357. The molecule has 0 aliphatic heterocycles. The summed E-state index contributed by atoms with van der Waals surface area (Å²) in [6.07, 6.45) is 2.63. The maximum absolute atomic E-state index is 5.73. The van der Waals surface area contributed by atoms with E-state index < -0.39 is 0 Å². The third-order valence-electron chi connectivity index (χ3n) is 2.69. The van der Waals surface area contributed by atoms with E-state index in [2.05, 4.69) is 10.3 Å². The van der Waals surface area contributed by atoms with Gasteiger partial charge >= 0.3 is 0 Å². The van der Waals surface area contributed by atoms with Gasteiger partial charge in [-0.05, 0) is 30.7 Å². The highest BCUT2D eigenvalue weighted by Crippen LogP contribution is 2.28. The Balaban J connectivity index is 2.10. The molecule has 0 aliphatic carbocycles. The SMILES string of the molecule is COc1ccc(CCN)cc1OCc1cn(C)nn1. The highest BCUT2D eigenvalue weighted by atomic mass is 16.5. The summed E-state index contributed by atoms with van der Waals surface area (Å²) in [7, 11) is 3.44. The van der Waals surface area contributed by atoms with Crippen molar-refractivity contribution in [3.05, 3.63) is 35.7 Å². The van der Waals surface area contributed by atoms with E-state index in [1.54, 1.807) is 11.8 Å². The fraction of sp³-hybridized carbons (Fsp3) is 0.385. The van der Waals surface area contributed by atoms with Crippen molar-refractivity contribution in [2.24, 2.45) is 12.8 Å². The zero-order valence-corrected chi connectivity index (χ0v) is 11.2. The summed E-state index contributed by atoms with van der Waals surface area (Å²) in [5.41, 5.74) is 7.45. The number of benzene rings is 1. The van der Waals surface area contributed by atoms with Gasteiger partial charge in [0.2, 0.25) is 0 Å². The van der Waals surface area contributed by atoms with Gasteiger partial charge in [-0.25, -0.2) is 0 Å². The Kier molecular flexibility index (Phi) is 4.35. The normalized spacial score (nSPS) is 10.5. The van der Waals surface area contributed by atoms with Gasteiger partial charge in [-0.2, -0.15) is 0 Å². The molecule has 19 heavy (non-hydrogen) atoms. The van der Waals surface area contributed by atoms with Crippen LogP contribution in [0.5, 0.6) is 11.5 Å². The molecule has 0 spiro atoms. The molecule has 0 unspecified atom stereocenters. The second-order valence-electron chi connectivity index (χ2n) is 4.20. The Hall–Kier alpha value is -2.08. The average molecular weight is 262 g/mol. The molecule has 1 heterocycles. The van der Waals surface area contributed by atoms with Crippen molar-refractivity contribution in [2.45, 2.75) is 13.0 Å². The van der Waals surface area contributed by atoms with Gasteiger partial charge < -0.3 is 15.2 Å². The van der Waals surface area contributed by atoms with Crippen LogP contribution in [0.4, 0.5) is 0 Å². The number of rotatable bonds is 6. The molecule has 0 saturated carbocycles. The second-order valence-corrected chi connectivity index (χ2v) is 4.20. The molecule has 0 aliphatic rings. The Bertz CT molecular complexity index is 539. The summed E-state index contributed by atoms with van der Waals surface area (Å²) >= 11 is 0. The van der Waals surface area contributed by atoms with Crippen LogP contribution in [0.3, 0.4) is 0 Å². The molecule has 102 valence electrons. The van der Waals surface area contributed by atoms with Gasteiger partial charge in [-0.1, -0.05) is 11.3 Å². The van der Waals surface area contributed by atoms with E-state index >= 15 is 0 Å². The molecule has 0 bridgehead atoms. The minimum Gasteiger partial charge on any atom is -0.493 e. The van der Waals surface area contributed by atoms with Gasteiger partial charge in [0.05, 0.1) is 13.3 Å². The van der Waals surface area contributed by atoms with Crippen molar-refractivity contribution in [3.8, 4) is 11.5 Å². The summed E-state index contributed by atoms with van der Waals surface area (Å²) < 4.78 is 12.6. The van der Waals surface area contributed by atoms with Gasteiger partial charge in [0.25, 0.3) is 0 Å². The smallest absolute Gasteiger partial charge is 0.162 e. The van der Waals surface area contributed by atoms with Crippen molar-refractivity contribution in [2.75, 3.05) is 13.7 Å². The molecular weight excluding hydrogens is 244 g/mol. The standard InChI is InChI=1S/C13H18N4O2/c1-17-8-11(15-16-17)9-19-13-7-10(5-6-14)3-4-12(13)18-2/h3-4,7-8H,5-6,9,14H2,1-2H3. The van der Waals surface area contributed by atoms with Gasteiger partial charge in [0.15, 0.2) is 11.5 Å². The minimum atomic E-state index is 0.357. The first-order chi connectivity index (χ1) is 9.22. The molecule has 2 rings (SSSR count). The summed E-state index contributed by atoms with van der Waals surface area (Å²) in [5.74, 6) is 1.39. The molecule has 0 radical (unpaired) electrons. The Morgan fingerprint density at radius 3 is 2.79 bits per heavy atom. The Morgan fingerprint density at radius 2 is 2.16 bits per heavy atom. The summed E-state index contributed by atoms with van der Waals surface area (Å²) in [6.45, 7) is 0.964. The lowest BCUT2D eigenvalue weighted by molar-refractivity contribution is 0.280. The lowest BCUT2D eigenvalue weighted by Crippen LogP contribution is -2.04. The van der Waals surface area contributed by atoms with E-state index in [-0.39, 0.29) is 0 Å². The second kappa shape index (κ2) is 6.19. The summed E-state index contributed by atoms with van der Waals surface area (Å²) in [5, 5.41) is 7.83. The number of ether oxygens (including phenoxy) is 2. The van der Waals surface area contributed by atoms with Crippen molar-refractivity contribution < 1.29 is 9.47 Å². The van der Waals surface area contributed by atoms with E-state index in [9.17, 15) is 0 Å². The molecule has 0 atom stereocenters. The molecule has 1 aromatic heterocycles. The molecule has 2 aromatic rings. The average Bonchev–Trinajstić information content (AvgIpc) is 2.83. The zero-order chi connectivity index (χ0) is 13.7. The zero-order valence-electron chi connectivity index (χ0n) is 11.2. The predicted octanol–water partition coefficient (Wildman–Crippen LogP) is 0.904. The first-order valence-electron chi connectivity index (χ1n) is 6.08. The molecule has 0 amide bonds. The molecule has 2 N–H and O–H groups in total. The number of aromatic nitrogens is 3. The van der Waals surface area contributed by atoms with E-state index in [0.29, 0.717) is 24.7 Å². The van der Waals surface area contributed by atoms with Gasteiger partial charge in [-0.15, -0.1) is 5.10 Å². The number of hydrogen-bond acceptors (Lipinski definition) is 5. The van der Waals surface area contributed by atoms with Crippen LogP contribution >= 0.6 is 0 Å². The van der Waals surface area contributed by atoms with Crippen LogP contribution in [0.25, 0.3) is 0 Å². The maximum atomic E-state index is 5.73. The van der Waals surface area contributed by atoms with Crippen molar-refractivity contribution in [1.82, 2.24) is 15.0 Å². The lowest BCUT2D eigenvalue weighted by Gasteiger charge is -2.11. The first kappa shape index (κ1) is 13.4. The van der Waals surface area contributed by atoms with Gasteiger partial charge in [-0.3, -0.25) is 4.68 Å². The molecule has 6 nitrogen and oxygen atoms in total. The predicted molar refractivity (Wildman–Crippen MR) is 71.1 cm³/mol. The number of aryl methyl sites for hydroxylation is 1. The highest BCUT2D eigenvalue weighted by Gasteiger charge is 2.07. The molecule has 0 saturated heterocycles. The quantitative estimate of drug-likeness (QED) is 0.837. The van der Waals surface area contributed by atoms with Crippen LogP contribution in [0.2, 0.25) is 0 Å². The third-order valence-corrected chi connectivity index (χ3v) is 2.69. The van der Waals surface area contributed by atoms with Gasteiger partial charge in [0.1, 0.15) is 12.3 Å². The Morgan fingerprint density at radius 1 is 1.32 bits per heavy atom. The molecule has 6 heteroatoms. The van der Waals surface area contributed by atoms with Crippen LogP contribution in [0, 0.1) is 0 Å². The Labute approximate surface area is 112 Å². The maximum Gasteiger partial charge on any atom is 0.162 e. The monoisotopic (exact) mass is 262 g/mol. The van der Waals surface area contributed by atoms with Crippen LogP contribution in [-0.4, -0.2) is 28.6 Å². The van der Waals surface area contributed by atoms with Gasteiger partial charge in [0, 0.05) is 7.05 Å². The highest BCUT2D eigenvalue weighted by molar-refractivity contribution is 5.43. The van der Waals surface area contributed by atoms with E-state index in [1.807, 2.05) is 31.4 Å². The van der Waals surface area contributed by atoms with E-state index in [4.69, 9.17) is 15.2 Å². The fourth-order valence-electron chi connectivity index (χ4n) is 1.77. The van der Waals surface area contributed by atoms with Crippen LogP contribution in [0.15, 0.2) is 24.4 Å². The van der Waals surface area contributed by atoms with Crippen molar-refractivity contribution in [3.63, 3.8) is 0 Å². The summed E-state index contributed by atoms with van der Waals surface area (Å²) in [6, 6.07) is 5.82.